The molecule has 2 aliphatic rings. The molecule has 0 aromatic heterocycles. The fourth-order valence-electron chi connectivity index (χ4n) is 2.36. The monoisotopic (exact) mass is 269 g/mol. The Balaban J connectivity index is 2.10. The fraction of sp³-hybridized carbons (Fsp3) is 0.636. The van der Waals surface area contributed by atoms with E-state index in [4.69, 9.17) is 5.11 Å². The second kappa shape index (κ2) is 5.25. The first-order valence-corrected chi connectivity index (χ1v) is 6.05. The molecule has 0 aromatic rings. The largest absolute Gasteiger partial charge is 0.481 e. The zero-order valence-corrected chi connectivity index (χ0v) is 10.2. The van der Waals surface area contributed by atoms with E-state index in [1.165, 1.54) is 4.90 Å². The number of amides is 3. The average molecular weight is 269 g/mol. The molecule has 2 atom stereocenters. The van der Waals surface area contributed by atoms with Gasteiger partial charge in [0.05, 0.1) is 12.3 Å². The molecule has 0 saturated carbocycles. The first kappa shape index (κ1) is 13.3. The topological polar surface area (TPSA) is 116 Å². The minimum atomic E-state index is -1.14. The summed E-state index contributed by atoms with van der Waals surface area (Å²) in [4.78, 5) is 47.1. The van der Waals surface area contributed by atoms with Gasteiger partial charge in [-0.1, -0.05) is 0 Å². The number of hydrogen-bond acceptors (Lipinski definition) is 4. The van der Waals surface area contributed by atoms with Gasteiger partial charge in [-0.2, -0.15) is 0 Å². The van der Waals surface area contributed by atoms with Gasteiger partial charge in [-0.05, 0) is 0 Å². The summed E-state index contributed by atoms with van der Waals surface area (Å²) in [7, 11) is 0. The first-order chi connectivity index (χ1) is 8.99. The van der Waals surface area contributed by atoms with E-state index in [-0.39, 0.29) is 31.3 Å². The normalized spacial score (nSPS) is 26.8. The summed E-state index contributed by atoms with van der Waals surface area (Å²) < 4.78 is 0. The molecule has 0 radical (unpaired) electrons. The number of carboxylic acids is 1. The molecule has 2 unspecified atom stereocenters. The van der Waals surface area contributed by atoms with Gasteiger partial charge in [0.15, 0.2) is 0 Å². The Morgan fingerprint density at radius 1 is 1.32 bits per heavy atom. The number of carboxylic acid groups (broad SMARTS) is 1. The molecule has 104 valence electrons. The molecule has 0 aliphatic carbocycles. The minimum Gasteiger partial charge on any atom is -0.481 e. The predicted molar refractivity (Wildman–Crippen MR) is 61.9 cm³/mol. The quantitative estimate of drug-likeness (QED) is 0.544. The zero-order valence-electron chi connectivity index (χ0n) is 10.2. The van der Waals surface area contributed by atoms with Gasteiger partial charge in [0.25, 0.3) is 0 Å². The second-order valence-corrected chi connectivity index (χ2v) is 4.64. The molecule has 8 nitrogen and oxygen atoms in total. The third kappa shape index (κ3) is 2.83. The van der Waals surface area contributed by atoms with E-state index in [2.05, 4.69) is 10.6 Å². The average Bonchev–Trinajstić information content (AvgIpc) is 2.77. The van der Waals surface area contributed by atoms with Gasteiger partial charge in [-0.3, -0.25) is 19.2 Å². The number of hydrogen-bond donors (Lipinski definition) is 3. The van der Waals surface area contributed by atoms with Crippen molar-refractivity contribution < 1.29 is 24.3 Å². The molecule has 0 aromatic carbocycles. The van der Waals surface area contributed by atoms with Gasteiger partial charge >= 0.3 is 5.97 Å². The van der Waals surface area contributed by atoms with Crippen molar-refractivity contribution in [2.45, 2.75) is 18.9 Å². The van der Waals surface area contributed by atoms with Crippen LogP contribution in [-0.4, -0.2) is 59.4 Å². The Labute approximate surface area is 109 Å². The maximum atomic E-state index is 12.2. The molecule has 0 spiro atoms. The molecule has 3 N–H and O–H groups in total. The summed E-state index contributed by atoms with van der Waals surface area (Å²) in [6.45, 7) is 0.817. The summed E-state index contributed by atoms with van der Waals surface area (Å²) in [6, 6.07) is -0.991. The van der Waals surface area contributed by atoms with Crippen molar-refractivity contribution in [3.05, 3.63) is 0 Å². The van der Waals surface area contributed by atoms with E-state index in [9.17, 15) is 19.2 Å². The lowest BCUT2D eigenvalue weighted by atomic mass is 10.0. The standard InChI is InChI=1S/C11H15N3O5/c15-8-3-6(5-13-8)11(19)14-2-1-12-10(18)7(14)4-9(16)17/h6-7H,1-5H2,(H,12,18)(H,13,15)(H,16,17). The summed E-state index contributed by atoms with van der Waals surface area (Å²) >= 11 is 0. The van der Waals surface area contributed by atoms with Crippen LogP contribution in [0.3, 0.4) is 0 Å². The molecule has 8 heteroatoms. The minimum absolute atomic E-state index is 0.0940. The third-order valence-corrected chi connectivity index (χ3v) is 3.31. The lowest BCUT2D eigenvalue weighted by Crippen LogP contribution is -2.59. The van der Waals surface area contributed by atoms with E-state index >= 15 is 0 Å². The van der Waals surface area contributed by atoms with Crippen molar-refractivity contribution in [1.29, 1.82) is 0 Å². The van der Waals surface area contributed by atoms with Gasteiger partial charge in [0, 0.05) is 26.1 Å². The highest BCUT2D eigenvalue weighted by Gasteiger charge is 2.39. The second-order valence-electron chi connectivity index (χ2n) is 4.64. The van der Waals surface area contributed by atoms with Crippen LogP contribution in [0.4, 0.5) is 0 Å². The molecular formula is C11H15N3O5. The van der Waals surface area contributed by atoms with Crippen LogP contribution in [0.2, 0.25) is 0 Å². The van der Waals surface area contributed by atoms with E-state index in [0.717, 1.165) is 0 Å². The maximum absolute atomic E-state index is 12.2. The molecular weight excluding hydrogens is 254 g/mol. The number of aliphatic carboxylic acids is 1. The highest BCUT2D eigenvalue weighted by molar-refractivity contribution is 5.94. The van der Waals surface area contributed by atoms with Gasteiger partial charge in [0.1, 0.15) is 6.04 Å². The predicted octanol–water partition coefficient (Wildman–Crippen LogP) is -2.08. The van der Waals surface area contributed by atoms with Crippen LogP contribution in [0, 0.1) is 5.92 Å². The number of carbonyl (C=O) groups is 4. The number of nitrogens with zero attached hydrogens (tertiary/aromatic N) is 1. The number of piperazine rings is 1. The van der Waals surface area contributed by atoms with Crippen LogP contribution in [0.5, 0.6) is 0 Å². The molecule has 2 saturated heterocycles. The molecule has 2 rings (SSSR count). The Bertz CT molecular complexity index is 436. The number of rotatable bonds is 3. The Morgan fingerprint density at radius 2 is 2.05 bits per heavy atom. The molecule has 2 aliphatic heterocycles. The van der Waals surface area contributed by atoms with E-state index in [0.29, 0.717) is 6.54 Å². The smallest absolute Gasteiger partial charge is 0.305 e. The van der Waals surface area contributed by atoms with Gasteiger partial charge in [0.2, 0.25) is 17.7 Å². The Morgan fingerprint density at radius 3 is 2.63 bits per heavy atom. The molecule has 19 heavy (non-hydrogen) atoms. The Hall–Kier alpha value is -2.12. The highest BCUT2D eigenvalue weighted by atomic mass is 16.4. The summed E-state index contributed by atoms with van der Waals surface area (Å²) in [5.74, 6) is -2.64. The van der Waals surface area contributed by atoms with E-state index in [1.54, 1.807) is 0 Å². The van der Waals surface area contributed by atoms with Crippen molar-refractivity contribution in [2.75, 3.05) is 19.6 Å². The van der Waals surface area contributed by atoms with Crippen molar-refractivity contribution in [3.8, 4) is 0 Å². The Kier molecular flexibility index (Phi) is 3.68. The molecule has 0 bridgehead atoms. The lowest BCUT2D eigenvalue weighted by Gasteiger charge is -2.35. The van der Waals surface area contributed by atoms with Crippen molar-refractivity contribution in [2.24, 2.45) is 5.92 Å². The van der Waals surface area contributed by atoms with Gasteiger partial charge < -0.3 is 20.6 Å². The summed E-state index contributed by atoms with van der Waals surface area (Å²) in [6.07, 6.45) is -0.331. The SMILES string of the molecule is O=C(O)CC1C(=O)NCCN1C(=O)C1CNC(=O)C1. The molecule has 3 amide bonds. The highest BCUT2D eigenvalue weighted by Crippen LogP contribution is 2.17. The van der Waals surface area contributed by atoms with Gasteiger partial charge in [-0.25, -0.2) is 0 Å². The number of carbonyl (C=O) groups excluding carboxylic acids is 3. The maximum Gasteiger partial charge on any atom is 0.305 e. The number of nitrogens with one attached hydrogen (secondary N) is 2. The van der Waals surface area contributed by atoms with Crippen molar-refractivity contribution in [3.63, 3.8) is 0 Å². The van der Waals surface area contributed by atoms with Crippen LogP contribution >= 0.6 is 0 Å². The summed E-state index contributed by atoms with van der Waals surface area (Å²) in [5, 5.41) is 13.9. The van der Waals surface area contributed by atoms with Crippen LogP contribution < -0.4 is 10.6 Å². The molecule has 2 fully saturated rings. The van der Waals surface area contributed by atoms with Crippen molar-refractivity contribution in [1.82, 2.24) is 15.5 Å². The third-order valence-electron chi connectivity index (χ3n) is 3.31. The van der Waals surface area contributed by atoms with Crippen molar-refractivity contribution >= 4 is 23.7 Å². The van der Waals surface area contributed by atoms with Crippen LogP contribution in [-0.2, 0) is 19.2 Å². The first-order valence-electron chi connectivity index (χ1n) is 6.05. The van der Waals surface area contributed by atoms with Crippen LogP contribution in [0.25, 0.3) is 0 Å². The van der Waals surface area contributed by atoms with E-state index in [1.807, 2.05) is 0 Å². The fourth-order valence-corrected chi connectivity index (χ4v) is 2.36. The molecule has 2 heterocycles. The lowest BCUT2D eigenvalue weighted by molar-refractivity contribution is -0.150. The zero-order chi connectivity index (χ0) is 14.0. The van der Waals surface area contributed by atoms with Crippen LogP contribution in [0.15, 0.2) is 0 Å². The van der Waals surface area contributed by atoms with Crippen LogP contribution in [0.1, 0.15) is 12.8 Å². The summed E-state index contributed by atoms with van der Waals surface area (Å²) in [5.41, 5.74) is 0. The van der Waals surface area contributed by atoms with Gasteiger partial charge in [-0.15, -0.1) is 0 Å². The van der Waals surface area contributed by atoms with E-state index < -0.39 is 30.3 Å².